The molecule has 1 atom stereocenters. The first-order valence-electron chi connectivity index (χ1n) is 4.82. The van der Waals surface area contributed by atoms with Crippen molar-refractivity contribution in [1.82, 2.24) is 0 Å². The van der Waals surface area contributed by atoms with Gasteiger partial charge in [0.25, 0.3) is 6.02 Å². The van der Waals surface area contributed by atoms with E-state index in [1.165, 1.54) is 32.1 Å². The topological polar surface area (TPSA) is 47.6 Å². The van der Waals surface area contributed by atoms with Gasteiger partial charge in [-0.25, -0.2) is 4.99 Å². The molecule has 2 N–H and O–H groups in total. The lowest BCUT2D eigenvalue weighted by atomic mass is 9.84. The van der Waals surface area contributed by atoms with Crippen molar-refractivity contribution in [2.45, 2.75) is 38.1 Å². The van der Waals surface area contributed by atoms with Crippen LogP contribution in [0.3, 0.4) is 0 Å². The normalized spacial score (nSPS) is 31.3. The van der Waals surface area contributed by atoms with Crippen LogP contribution in [0.15, 0.2) is 4.99 Å². The summed E-state index contributed by atoms with van der Waals surface area (Å²) in [4.78, 5) is 4.28. The molecular weight excluding hydrogens is 152 g/mol. The summed E-state index contributed by atoms with van der Waals surface area (Å²) >= 11 is 0. The van der Waals surface area contributed by atoms with Gasteiger partial charge in [-0.05, 0) is 18.8 Å². The predicted molar refractivity (Wildman–Crippen MR) is 47.9 cm³/mol. The molecule has 2 rings (SSSR count). The first-order valence-corrected chi connectivity index (χ1v) is 4.82. The summed E-state index contributed by atoms with van der Waals surface area (Å²) in [5, 5.41) is 0. The Bertz CT molecular complexity index is 185. The third-order valence-electron chi connectivity index (χ3n) is 2.89. The number of aliphatic imine (C=N–C) groups is 1. The highest BCUT2D eigenvalue weighted by atomic mass is 16.5. The van der Waals surface area contributed by atoms with Gasteiger partial charge in [-0.15, -0.1) is 0 Å². The van der Waals surface area contributed by atoms with E-state index in [2.05, 4.69) is 4.99 Å². The SMILES string of the molecule is NC1=NC(C2CCCCC2)CO1. The summed E-state index contributed by atoms with van der Waals surface area (Å²) in [7, 11) is 0. The Balaban J connectivity index is 1.91. The van der Waals surface area contributed by atoms with E-state index < -0.39 is 0 Å². The average Bonchev–Trinajstić information content (AvgIpc) is 2.54. The molecule has 1 fully saturated rings. The maximum absolute atomic E-state index is 5.46. The van der Waals surface area contributed by atoms with E-state index >= 15 is 0 Å². The van der Waals surface area contributed by atoms with Crippen LogP contribution in [0, 0.1) is 5.92 Å². The van der Waals surface area contributed by atoms with Crippen LogP contribution in [0.4, 0.5) is 0 Å². The zero-order valence-corrected chi connectivity index (χ0v) is 7.33. The average molecular weight is 168 g/mol. The van der Waals surface area contributed by atoms with Gasteiger partial charge in [-0.1, -0.05) is 19.3 Å². The van der Waals surface area contributed by atoms with E-state index in [1.807, 2.05) is 0 Å². The van der Waals surface area contributed by atoms with Crippen molar-refractivity contribution in [3.8, 4) is 0 Å². The van der Waals surface area contributed by atoms with E-state index in [-0.39, 0.29) is 0 Å². The molecule has 2 aliphatic rings. The molecule has 0 bridgehead atoms. The lowest BCUT2D eigenvalue weighted by molar-refractivity contribution is 0.239. The summed E-state index contributed by atoms with van der Waals surface area (Å²) in [6, 6.07) is 0.760. The Morgan fingerprint density at radius 2 is 2.00 bits per heavy atom. The number of hydrogen-bond donors (Lipinski definition) is 1. The maximum atomic E-state index is 5.46. The van der Waals surface area contributed by atoms with Gasteiger partial charge in [0, 0.05) is 0 Å². The van der Waals surface area contributed by atoms with Crippen LogP contribution in [0.2, 0.25) is 0 Å². The smallest absolute Gasteiger partial charge is 0.282 e. The Labute approximate surface area is 73.0 Å². The standard InChI is InChI=1S/C9H16N2O/c10-9-11-8(6-12-9)7-4-2-1-3-5-7/h7-8H,1-6H2,(H2,10,11). The van der Waals surface area contributed by atoms with E-state index in [0.717, 1.165) is 12.5 Å². The summed E-state index contributed by atoms with van der Waals surface area (Å²) in [5.74, 6) is 0.736. The van der Waals surface area contributed by atoms with Crippen molar-refractivity contribution in [1.29, 1.82) is 0 Å². The number of ether oxygens (including phenoxy) is 1. The first-order chi connectivity index (χ1) is 5.86. The molecular formula is C9H16N2O. The van der Waals surface area contributed by atoms with Crippen LogP contribution in [0.5, 0.6) is 0 Å². The van der Waals surface area contributed by atoms with Crippen molar-refractivity contribution >= 4 is 6.02 Å². The quantitative estimate of drug-likeness (QED) is 0.641. The van der Waals surface area contributed by atoms with Crippen molar-refractivity contribution in [3.05, 3.63) is 0 Å². The Morgan fingerprint density at radius 3 is 2.58 bits per heavy atom. The minimum atomic E-state index is 0.366. The molecule has 0 amide bonds. The lowest BCUT2D eigenvalue weighted by Gasteiger charge is -2.23. The number of rotatable bonds is 1. The Morgan fingerprint density at radius 1 is 1.25 bits per heavy atom. The highest BCUT2D eigenvalue weighted by molar-refractivity contribution is 5.73. The molecule has 1 aliphatic carbocycles. The highest BCUT2D eigenvalue weighted by Gasteiger charge is 2.27. The molecule has 3 nitrogen and oxygen atoms in total. The van der Waals surface area contributed by atoms with Gasteiger partial charge in [-0.2, -0.15) is 0 Å². The molecule has 0 aromatic heterocycles. The van der Waals surface area contributed by atoms with Crippen LogP contribution in [-0.4, -0.2) is 18.7 Å². The van der Waals surface area contributed by atoms with Gasteiger partial charge >= 0.3 is 0 Å². The fraction of sp³-hybridized carbons (Fsp3) is 0.889. The summed E-state index contributed by atoms with van der Waals surface area (Å²) in [6.45, 7) is 0.719. The summed E-state index contributed by atoms with van der Waals surface area (Å²) in [6.07, 6.45) is 6.73. The number of nitrogens with two attached hydrogens (primary N) is 1. The highest BCUT2D eigenvalue weighted by Crippen LogP contribution is 2.29. The largest absolute Gasteiger partial charge is 0.463 e. The van der Waals surface area contributed by atoms with Gasteiger partial charge in [0.15, 0.2) is 0 Å². The summed E-state index contributed by atoms with van der Waals surface area (Å²) in [5.41, 5.74) is 5.46. The molecule has 68 valence electrons. The molecule has 1 heterocycles. The zero-order chi connectivity index (χ0) is 8.39. The molecule has 0 aromatic carbocycles. The molecule has 12 heavy (non-hydrogen) atoms. The molecule has 1 saturated carbocycles. The van der Waals surface area contributed by atoms with E-state index in [4.69, 9.17) is 10.5 Å². The monoisotopic (exact) mass is 168 g/mol. The first kappa shape index (κ1) is 7.90. The molecule has 0 saturated heterocycles. The van der Waals surface area contributed by atoms with Gasteiger partial charge in [-0.3, -0.25) is 0 Å². The van der Waals surface area contributed by atoms with Crippen molar-refractivity contribution in [2.24, 2.45) is 16.6 Å². The second kappa shape index (κ2) is 3.33. The fourth-order valence-corrected chi connectivity index (χ4v) is 2.17. The van der Waals surface area contributed by atoms with E-state index in [1.54, 1.807) is 0 Å². The number of nitrogens with zero attached hydrogens (tertiary/aromatic N) is 1. The van der Waals surface area contributed by atoms with E-state index in [9.17, 15) is 0 Å². The molecule has 1 unspecified atom stereocenters. The minimum Gasteiger partial charge on any atom is -0.463 e. The van der Waals surface area contributed by atoms with Crippen molar-refractivity contribution in [3.63, 3.8) is 0 Å². The molecule has 3 heteroatoms. The zero-order valence-electron chi connectivity index (χ0n) is 7.33. The lowest BCUT2D eigenvalue weighted by Crippen LogP contribution is -2.22. The van der Waals surface area contributed by atoms with Crippen molar-refractivity contribution < 1.29 is 4.74 Å². The Kier molecular flexibility index (Phi) is 2.19. The van der Waals surface area contributed by atoms with Gasteiger partial charge in [0.05, 0.1) is 6.04 Å². The molecule has 0 spiro atoms. The molecule has 1 aliphatic heterocycles. The minimum absolute atomic E-state index is 0.366. The summed E-state index contributed by atoms with van der Waals surface area (Å²) < 4.78 is 5.15. The van der Waals surface area contributed by atoms with Crippen LogP contribution < -0.4 is 5.73 Å². The van der Waals surface area contributed by atoms with Crippen LogP contribution in [-0.2, 0) is 4.74 Å². The van der Waals surface area contributed by atoms with E-state index in [0.29, 0.717) is 12.1 Å². The number of amidine groups is 1. The van der Waals surface area contributed by atoms with Crippen LogP contribution in [0.25, 0.3) is 0 Å². The maximum Gasteiger partial charge on any atom is 0.282 e. The van der Waals surface area contributed by atoms with Gasteiger partial charge < -0.3 is 10.5 Å². The van der Waals surface area contributed by atoms with Gasteiger partial charge in [0.2, 0.25) is 0 Å². The number of hydrogen-bond acceptors (Lipinski definition) is 3. The van der Waals surface area contributed by atoms with Crippen LogP contribution >= 0.6 is 0 Å². The second-order valence-electron chi connectivity index (χ2n) is 3.74. The third kappa shape index (κ3) is 1.54. The predicted octanol–water partition coefficient (Wildman–Crippen LogP) is 1.28. The third-order valence-corrected chi connectivity index (χ3v) is 2.89. The van der Waals surface area contributed by atoms with Gasteiger partial charge in [0.1, 0.15) is 6.61 Å². The van der Waals surface area contributed by atoms with Crippen molar-refractivity contribution in [2.75, 3.05) is 6.61 Å². The second-order valence-corrected chi connectivity index (χ2v) is 3.74. The Hall–Kier alpha value is -0.730. The van der Waals surface area contributed by atoms with Crippen LogP contribution in [0.1, 0.15) is 32.1 Å². The fourth-order valence-electron chi connectivity index (χ4n) is 2.17. The molecule has 0 radical (unpaired) electrons. The molecule has 0 aromatic rings.